The van der Waals surface area contributed by atoms with Gasteiger partial charge in [-0.05, 0) is 49.2 Å². The van der Waals surface area contributed by atoms with E-state index in [0.717, 1.165) is 12.1 Å². The molecule has 0 bridgehead atoms. The van der Waals surface area contributed by atoms with Gasteiger partial charge >= 0.3 is 6.18 Å². The van der Waals surface area contributed by atoms with Crippen LogP contribution in [-0.4, -0.2) is 36.1 Å². The van der Waals surface area contributed by atoms with Gasteiger partial charge in [0.15, 0.2) is 11.5 Å². The summed E-state index contributed by atoms with van der Waals surface area (Å²) in [5, 5.41) is 2.01. The molecule has 0 spiro atoms. The second-order valence-electron chi connectivity index (χ2n) is 6.91. The molecule has 6 nitrogen and oxygen atoms in total. The Morgan fingerprint density at radius 1 is 1.10 bits per heavy atom. The van der Waals surface area contributed by atoms with Crippen molar-refractivity contribution < 1.29 is 32.2 Å². The summed E-state index contributed by atoms with van der Waals surface area (Å²) in [6.07, 6.45) is -3.64. The van der Waals surface area contributed by atoms with Gasteiger partial charge in [0.2, 0.25) is 12.7 Å². The highest BCUT2D eigenvalue weighted by Gasteiger charge is 2.36. The van der Waals surface area contributed by atoms with Crippen LogP contribution in [-0.2, 0) is 11.0 Å². The van der Waals surface area contributed by atoms with Crippen LogP contribution < -0.4 is 14.8 Å². The fourth-order valence-electron chi connectivity index (χ4n) is 3.52. The number of benzene rings is 2. The smallest absolute Gasteiger partial charge is 0.417 e. The molecule has 10 heteroatoms. The van der Waals surface area contributed by atoms with Crippen molar-refractivity contribution in [3.8, 4) is 11.5 Å². The van der Waals surface area contributed by atoms with E-state index < -0.39 is 28.7 Å². The summed E-state index contributed by atoms with van der Waals surface area (Å²) in [6.45, 7) is 0.433. The molecule has 0 saturated carbocycles. The van der Waals surface area contributed by atoms with Crippen molar-refractivity contribution in [2.75, 3.05) is 18.7 Å². The van der Waals surface area contributed by atoms with Crippen LogP contribution in [0.2, 0.25) is 5.02 Å². The van der Waals surface area contributed by atoms with E-state index >= 15 is 0 Å². The Kier molecular flexibility index (Phi) is 5.23. The molecule has 30 heavy (non-hydrogen) atoms. The number of nitrogens with one attached hydrogen (secondary N) is 1. The van der Waals surface area contributed by atoms with E-state index in [0.29, 0.717) is 36.4 Å². The second-order valence-corrected chi connectivity index (χ2v) is 7.31. The summed E-state index contributed by atoms with van der Waals surface area (Å²) in [5.41, 5.74) is -0.745. The van der Waals surface area contributed by atoms with Crippen LogP contribution in [0.3, 0.4) is 0 Å². The zero-order valence-electron chi connectivity index (χ0n) is 15.5. The lowest BCUT2D eigenvalue weighted by atomic mass is 10.1. The van der Waals surface area contributed by atoms with Crippen LogP contribution in [0.5, 0.6) is 11.5 Å². The number of ether oxygens (including phenoxy) is 2. The van der Waals surface area contributed by atoms with E-state index in [1.165, 1.54) is 11.0 Å². The van der Waals surface area contributed by atoms with Gasteiger partial charge < -0.3 is 19.7 Å². The van der Waals surface area contributed by atoms with Gasteiger partial charge in [0, 0.05) is 17.8 Å². The first-order chi connectivity index (χ1) is 14.2. The number of halogens is 4. The summed E-state index contributed by atoms with van der Waals surface area (Å²) in [6, 6.07) is 7.09. The lowest BCUT2D eigenvalue weighted by molar-refractivity contribution is -0.137. The minimum absolute atomic E-state index is 0.0425. The number of fused-ring (bicyclic) bond motifs is 1. The number of amides is 2. The minimum Gasteiger partial charge on any atom is -0.454 e. The average molecular weight is 441 g/mol. The number of rotatable bonds is 3. The number of hydrogen-bond donors (Lipinski definition) is 1. The van der Waals surface area contributed by atoms with E-state index in [1.54, 1.807) is 18.2 Å². The number of likely N-dealkylation sites (tertiary alicyclic amines) is 1. The maximum absolute atomic E-state index is 13.0. The first-order valence-electron chi connectivity index (χ1n) is 9.12. The third kappa shape index (κ3) is 3.89. The van der Waals surface area contributed by atoms with E-state index in [9.17, 15) is 22.8 Å². The molecule has 2 aromatic rings. The van der Waals surface area contributed by atoms with Crippen molar-refractivity contribution >= 4 is 29.1 Å². The van der Waals surface area contributed by atoms with Crippen molar-refractivity contribution in [2.45, 2.75) is 25.1 Å². The Morgan fingerprint density at radius 3 is 2.63 bits per heavy atom. The number of anilines is 1. The van der Waals surface area contributed by atoms with Crippen LogP contribution in [0.1, 0.15) is 28.8 Å². The second kappa shape index (κ2) is 7.71. The summed E-state index contributed by atoms with van der Waals surface area (Å²) >= 11 is 5.61. The highest BCUT2D eigenvalue weighted by molar-refractivity contribution is 6.31. The molecule has 1 fully saturated rings. The van der Waals surface area contributed by atoms with Crippen LogP contribution in [0.15, 0.2) is 36.4 Å². The molecule has 0 aliphatic carbocycles. The van der Waals surface area contributed by atoms with Crippen molar-refractivity contribution in [3.05, 3.63) is 52.5 Å². The quantitative estimate of drug-likeness (QED) is 0.771. The molecule has 2 aliphatic rings. The van der Waals surface area contributed by atoms with E-state index in [4.69, 9.17) is 21.1 Å². The van der Waals surface area contributed by atoms with Crippen LogP contribution in [0.4, 0.5) is 18.9 Å². The van der Waals surface area contributed by atoms with Gasteiger partial charge in [-0.25, -0.2) is 0 Å². The molecule has 4 rings (SSSR count). The lowest BCUT2D eigenvalue weighted by Crippen LogP contribution is -2.43. The summed E-state index contributed by atoms with van der Waals surface area (Å²) in [7, 11) is 0. The molecule has 0 unspecified atom stereocenters. The van der Waals surface area contributed by atoms with Gasteiger partial charge in [0.1, 0.15) is 6.04 Å². The summed E-state index contributed by atoms with van der Waals surface area (Å²) < 4.78 is 49.6. The maximum atomic E-state index is 13.0. The zero-order valence-corrected chi connectivity index (χ0v) is 16.2. The lowest BCUT2D eigenvalue weighted by Gasteiger charge is -2.24. The summed E-state index contributed by atoms with van der Waals surface area (Å²) in [4.78, 5) is 27.1. The highest BCUT2D eigenvalue weighted by Crippen LogP contribution is 2.37. The minimum atomic E-state index is -4.65. The molecular weight excluding hydrogens is 425 g/mol. The predicted molar refractivity (Wildman–Crippen MR) is 102 cm³/mol. The molecule has 1 N–H and O–H groups in total. The van der Waals surface area contributed by atoms with Gasteiger partial charge in [-0.3, -0.25) is 9.59 Å². The van der Waals surface area contributed by atoms with Crippen LogP contribution in [0.25, 0.3) is 0 Å². The highest BCUT2D eigenvalue weighted by atomic mass is 35.5. The van der Waals surface area contributed by atoms with Gasteiger partial charge in [0.05, 0.1) is 10.6 Å². The Labute approximate surface area is 174 Å². The molecule has 158 valence electrons. The van der Waals surface area contributed by atoms with Crippen molar-refractivity contribution in [1.29, 1.82) is 0 Å². The van der Waals surface area contributed by atoms with E-state index in [2.05, 4.69) is 5.32 Å². The van der Waals surface area contributed by atoms with Crippen molar-refractivity contribution in [1.82, 2.24) is 4.90 Å². The molecule has 0 radical (unpaired) electrons. The van der Waals surface area contributed by atoms with Gasteiger partial charge in [-0.2, -0.15) is 13.2 Å². The number of carbonyl (C=O) groups excluding carboxylic acids is 2. The Morgan fingerprint density at radius 2 is 1.87 bits per heavy atom. The maximum Gasteiger partial charge on any atom is 0.417 e. The standard InChI is InChI=1S/C20H16ClF3N2O4/c21-14-5-4-12(9-13(14)20(22,23)24)25-18(27)15-2-1-7-26(15)19(28)11-3-6-16-17(8-11)30-10-29-16/h3-6,8-9,15H,1-2,7,10H2,(H,25,27)/t15-/m0/s1. The first-order valence-corrected chi connectivity index (χ1v) is 9.50. The summed E-state index contributed by atoms with van der Waals surface area (Å²) in [5.74, 6) is 0.0578. The molecule has 2 aromatic carbocycles. The Bertz CT molecular complexity index is 1010. The predicted octanol–water partition coefficient (Wildman–Crippen LogP) is 4.33. The number of carbonyl (C=O) groups is 2. The molecule has 2 aliphatic heterocycles. The fraction of sp³-hybridized carbons (Fsp3) is 0.300. The third-order valence-corrected chi connectivity index (χ3v) is 5.30. The molecule has 1 atom stereocenters. The largest absolute Gasteiger partial charge is 0.454 e. The number of alkyl halides is 3. The van der Waals surface area contributed by atoms with Crippen molar-refractivity contribution in [2.24, 2.45) is 0 Å². The number of hydrogen-bond acceptors (Lipinski definition) is 4. The Hall–Kier alpha value is -2.94. The topological polar surface area (TPSA) is 67.9 Å². The fourth-order valence-corrected chi connectivity index (χ4v) is 3.75. The van der Waals surface area contributed by atoms with Gasteiger partial charge in [-0.1, -0.05) is 11.6 Å². The van der Waals surface area contributed by atoms with E-state index in [-0.39, 0.29) is 18.4 Å². The molecule has 0 aromatic heterocycles. The molecule has 1 saturated heterocycles. The van der Waals surface area contributed by atoms with E-state index in [1.807, 2.05) is 0 Å². The number of nitrogens with zero attached hydrogens (tertiary/aromatic N) is 1. The van der Waals surface area contributed by atoms with Crippen molar-refractivity contribution in [3.63, 3.8) is 0 Å². The molecular formula is C20H16ClF3N2O4. The first kappa shape index (κ1) is 20.3. The van der Waals surface area contributed by atoms with Gasteiger partial charge in [-0.15, -0.1) is 0 Å². The molecule has 2 amide bonds. The monoisotopic (exact) mass is 440 g/mol. The molecule has 2 heterocycles. The normalized spacial score (nSPS) is 17.9. The van der Waals surface area contributed by atoms with Crippen LogP contribution >= 0.6 is 11.6 Å². The van der Waals surface area contributed by atoms with Gasteiger partial charge in [0.25, 0.3) is 5.91 Å². The average Bonchev–Trinajstić information content (AvgIpc) is 3.36. The zero-order chi connectivity index (χ0) is 21.5. The van der Waals surface area contributed by atoms with Crippen LogP contribution in [0, 0.1) is 0 Å². The Balaban J connectivity index is 1.51. The SMILES string of the molecule is O=C(Nc1ccc(Cl)c(C(F)(F)F)c1)[C@@H]1CCCN1C(=O)c1ccc2c(c1)OCO2. The third-order valence-electron chi connectivity index (χ3n) is 4.98.